The minimum absolute atomic E-state index is 0.0960. The van der Waals surface area contributed by atoms with Crippen LogP contribution in [0.15, 0.2) is 24.3 Å². The minimum Gasteiger partial charge on any atom is -0.490 e. The van der Waals surface area contributed by atoms with Crippen molar-refractivity contribution in [3.63, 3.8) is 0 Å². The van der Waals surface area contributed by atoms with Gasteiger partial charge in [0, 0.05) is 0 Å². The molecular weight excluding hydrogens is 278 g/mol. The smallest absolute Gasteiger partial charge is 0.247 e. The third kappa shape index (κ3) is 3.30. The van der Waals surface area contributed by atoms with Crippen LogP contribution in [0.2, 0.25) is 5.28 Å². The lowest BCUT2D eigenvalue weighted by Crippen LogP contribution is -2.02. The first-order valence-electron chi connectivity index (χ1n) is 6.31. The van der Waals surface area contributed by atoms with E-state index >= 15 is 0 Å². The summed E-state index contributed by atoms with van der Waals surface area (Å²) in [6, 6.07) is 7.34. The first-order valence-corrected chi connectivity index (χ1v) is 6.69. The Labute approximate surface area is 122 Å². The number of aryl methyl sites for hydroxylation is 1. The summed E-state index contributed by atoms with van der Waals surface area (Å²) in [7, 11) is 0. The van der Waals surface area contributed by atoms with Crippen LogP contribution in [0.25, 0.3) is 0 Å². The summed E-state index contributed by atoms with van der Waals surface area (Å²) in [6.07, 6.45) is 0.912. The predicted molar refractivity (Wildman–Crippen MR) is 78.5 cm³/mol. The Morgan fingerprint density at radius 3 is 2.60 bits per heavy atom. The SMILES string of the molecule is CCCOc1ccccc1Oc1nc(Cl)nc(C)c1N. The Hall–Kier alpha value is -2.01. The first kappa shape index (κ1) is 14.4. The minimum atomic E-state index is 0.0960. The van der Waals surface area contributed by atoms with Gasteiger partial charge in [-0.3, -0.25) is 0 Å². The second-order valence-corrected chi connectivity index (χ2v) is 4.53. The van der Waals surface area contributed by atoms with Gasteiger partial charge in [-0.05, 0) is 37.1 Å². The molecule has 2 N–H and O–H groups in total. The Morgan fingerprint density at radius 2 is 1.90 bits per heavy atom. The number of nitrogen functional groups attached to an aromatic ring is 1. The van der Waals surface area contributed by atoms with Gasteiger partial charge >= 0.3 is 0 Å². The van der Waals surface area contributed by atoms with Gasteiger partial charge in [0.1, 0.15) is 5.69 Å². The van der Waals surface area contributed by atoms with Crippen molar-refractivity contribution in [3.8, 4) is 17.4 Å². The van der Waals surface area contributed by atoms with E-state index in [0.29, 0.717) is 29.5 Å². The van der Waals surface area contributed by atoms with Gasteiger partial charge in [0.25, 0.3) is 0 Å². The molecule has 2 aromatic rings. The van der Waals surface area contributed by atoms with Gasteiger partial charge in [0.15, 0.2) is 11.5 Å². The third-order valence-electron chi connectivity index (χ3n) is 2.59. The van der Waals surface area contributed by atoms with Crippen molar-refractivity contribution < 1.29 is 9.47 Å². The largest absolute Gasteiger partial charge is 0.490 e. The lowest BCUT2D eigenvalue weighted by atomic mass is 10.3. The van der Waals surface area contributed by atoms with Gasteiger partial charge in [0.2, 0.25) is 11.2 Å². The standard InChI is InChI=1S/C14H16ClN3O2/c1-3-8-19-10-6-4-5-7-11(10)20-13-12(16)9(2)17-14(15)18-13/h4-7H,3,8,16H2,1-2H3. The van der Waals surface area contributed by atoms with Crippen LogP contribution in [0.3, 0.4) is 0 Å². The van der Waals surface area contributed by atoms with Gasteiger partial charge < -0.3 is 15.2 Å². The van der Waals surface area contributed by atoms with Crippen molar-refractivity contribution in [2.24, 2.45) is 0 Å². The normalized spacial score (nSPS) is 10.3. The summed E-state index contributed by atoms with van der Waals surface area (Å²) in [5, 5.41) is 0.0960. The third-order valence-corrected chi connectivity index (χ3v) is 2.76. The molecule has 0 spiro atoms. The van der Waals surface area contributed by atoms with Crippen molar-refractivity contribution in [2.45, 2.75) is 20.3 Å². The van der Waals surface area contributed by atoms with E-state index < -0.39 is 0 Å². The number of benzene rings is 1. The van der Waals surface area contributed by atoms with E-state index in [1.807, 2.05) is 25.1 Å². The Morgan fingerprint density at radius 1 is 1.20 bits per heavy atom. The number of hydrogen-bond donors (Lipinski definition) is 1. The molecule has 0 unspecified atom stereocenters. The number of hydrogen-bond acceptors (Lipinski definition) is 5. The van der Waals surface area contributed by atoms with Crippen LogP contribution >= 0.6 is 11.6 Å². The molecule has 1 heterocycles. The molecule has 106 valence electrons. The summed E-state index contributed by atoms with van der Waals surface area (Å²) in [4.78, 5) is 7.97. The van der Waals surface area contributed by atoms with Gasteiger partial charge in [-0.25, -0.2) is 4.98 Å². The predicted octanol–water partition coefficient (Wildman–Crippen LogP) is 3.60. The molecule has 0 bridgehead atoms. The Kier molecular flexibility index (Phi) is 4.63. The number of rotatable bonds is 5. The fourth-order valence-corrected chi connectivity index (χ4v) is 1.77. The van der Waals surface area contributed by atoms with E-state index in [2.05, 4.69) is 9.97 Å². The number of ether oxygens (including phenoxy) is 2. The molecule has 0 aliphatic carbocycles. The number of halogens is 1. The van der Waals surface area contributed by atoms with Gasteiger partial charge in [-0.1, -0.05) is 19.1 Å². The molecule has 0 saturated heterocycles. The number of para-hydroxylation sites is 2. The quantitative estimate of drug-likeness (QED) is 0.853. The highest BCUT2D eigenvalue weighted by Crippen LogP contribution is 2.34. The van der Waals surface area contributed by atoms with Crippen molar-refractivity contribution in [2.75, 3.05) is 12.3 Å². The number of nitrogens with two attached hydrogens (primary N) is 1. The van der Waals surface area contributed by atoms with Crippen molar-refractivity contribution >= 4 is 17.3 Å². The molecule has 2 rings (SSSR count). The molecule has 20 heavy (non-hydrogen) atoms. The van der Waals surface area contributed by atoms with Gasteiger partial charge in [-0.2, -0.15) is 4.98 Å². The van der Waals surface area contributed by atoms with Crippen LogP contribution in [0.5, 0.6) is 17.4 Å². The Balaban J connectivity index is 2.30. The van der Waals surface area contributed by atoms with Crippen LogP contribution in [-0.4, -0.2) is 16.6 Å². The van der Waals surface area contributed by atoms with E-state index in [9.17, 15) is 0 Å². The molecule has 0 aliphatic rings. The molecule has 0 saturated carbocycles. The molecule has 0 radical (unpaired) electrons. The monoisotopic (exact) mass is 293 g/mol. The number of anilines is 1. The van der Waals surface area contributed by atoms with Crippen LogP contribution in [-0.2, 0) is 0 Å². The van der Waals surface area contributed by atoms with Crippen LogP contribution < -0.4 is 15.2 Å². The summed E-state index contributed by atoms with van der Waals surface area (Å²) in [5.41, 5.74) is 6.84. The van der Waals surface area contributed by atoms with E-state index in [1.165, 1.54) is 0 Å². The maximum absolute atomic E-state index is 5.90. The molecule has 1 aromatic carbocycles. The average Bonchev–Trinajstić information content (AvgIpc) is 2.43. The van der Waals surface area contributed by atoms with Crippen molar-refractivity contribution in [1.29, 1.82) is 0 Å². The van der Waals surface area contributed by atoms with E-state index in [-0.39, 0.29) is 11.2 Å². The number of aromatic nitrogens is 2. The van der Waals surface area contributed by atoms with E-state index in [4.69, 9.17) is 26.8 Å². The highest BCUT2D eigenvalue weighted by atomic mass is 35.5. The van der Waals surface area contributed by atoms with Crippen LogP contribution in [0.4, 0.5) is 5.69 Å². The molecular formula is C14H16ClN3O2. The fraction of sp³-hybridized carbons (Fsp3) is 0.286. The molecule has 6 heteroatoms. The molecule has 0 aliphatic heterocycles. The lowest BCUT2D eigenvalue weighted by molar-refractivity contribution is 0.301. The maximum Gasteiger partial charge on any atom is 0.247 e. The first-order chi connectivity index (χ1) is 9.61. The lowest BCUT2D eigenvalue weighted by Gasteiger charge is -2.13. The molecule has 0 amide bonds. The molecule has 5 nitrogen and oxygen atoms in total. The second-order valence-electron chi connectivity index (χ2n) is 4.19. The summed E-state index contributed by atoms with van der Waals surface area (Å²) in [5.74, 6) is 1.41. The second kappa shape index (κ2) is 6.43. The summed E-state index contributed by atoms with van der Waals surface area (Å²) < 4.78 is 11.3. The topological polar surface area (TPSA) is 70.3 Å². The van der Waals surface area contributed by atoms with Gasteiger partial charge in [-0.15, -0.1) is 0 Å². The highest BCUT2D eigenvalue weighted by molar-refractivity contribution is 6.28. The van der Waals surface area contributed by atoms with Crippen molar-refractivity contribution in [3.05, 3.63) is 35.2 Å². The molecule has 0 atom stereocenters. The Bertz CT molecular complexity index is 605. The van der Waals surface area contributed by atoms with Crippen molar-refractivity contribution in [1.82, 2.24) is 9.97 Å². The maximum atomic E-state index is 5.90. The van der Waals surface area contributed by atoms with E-state index in [0.717, 1.165) is 6.42 Å². The summed E-state index contributed by atoms with van der Waals surface area (Å²) in [6.45, 7) is 4.39. The van der Waals surface area contributed by atoms with Crippen LogP contribution in [0, 0.1) is 6.92 Å². The number of nitrogens with zero attached hydrogens (tertiary/aromatic N) is 2. The summed E-state index contributed by atoms with van der Waals surface area (Å²) >= 11 is 5.82. The zero-order valence-corrected chi connectivity index (χ0v) is 12.1. The zero-order valence-electron chi connectivity index (χ0n) is 11.4. The average molecular weight is 294 g/mol. The fourth-order valence-electron chi connectivity index (χ4n) is 1.57. The van der Waals surface area contributed by atoms with E-state index in [1.54, 1.807) is 13.0 Å². The zero-order chi connectivity index (χ0) is 14.5. The highest BCUT2D eigenvalue weighted by Gasteiger charge is 2.12. The van der Waals surface area contributed by atoms with Crippen LogP contribution in [0.1, 0.15) is 19.0 Å². The van der Waals surface area contributed by atoms with Gasteiger partial charge in [0.05, 0.1) is 12.3 Å². The molecule has 1 aromatic heterocycles. The molecule has 0 fully saturated rings.